The number of likely N-dealkylation sites (tertiary alicyclic amines) is 1. The molecule has 0 amide bonds. The molecule has 1 aromatic carbocycles. The maximum atomic E-state index is 10.8. The van der Waals surface area contributed by atoms with Gasteiger partial charge in [0, 0.05) is 12.6 Å². The highest BCUT2D eigenvalue weighted by Crippen LogP contribution is 2.26. The van der Waals surface area contributed by atoms with Crippen molar-refractivity contribution in [1.29, 1.82) is 0 Å². The molecule has 1 aliphatic rings. The minimum Gasteiger partial charge on any atom is -0.481 e. The number of aliphatic carboxylic acids is 1. The normalized spacial score (nSPS) is 21.7. The van der Waals surface area contributed by atoms with E-state index >= 15 is 0 Å². The number of hydrogen-bond acceptors (Lipinski definition) is 3. The van der Waals surface area contributed by atoms with Gasteiger partial charge in [0.15, 0.2) is 0 Å². The van der Waals surface area contributed by atoms with Gasteiger partial charge in [-0.25, -0.2) is 0 Å². The van der Waals surface area contributed by atoms with Crippen molar-refractivity contribution >= 4 is 5.97 Å². The van der Waals surface area contributed by atoms with Crippen LogP contribution < -0.4 is 0 Å². The van der Waals surface area contributed by atoms with Crippen molar-refractivity contribution in [2.75, 3.05) is 13.1 Å². The molecule has 1 aromatic rings. The zero-order chi connectivity index (χ0) is 15.1. The van der Waals surface area contributed by atoms with Crippen LogP contribution in [0, 0.1) is 0 Å². The minimum absolute atomic E-state index is 0.179. The summed E-state index contributed by atoms with van der Waals surface area (Å²) in [5.41, 5.74) is 0.944. The van der Waals surface area contributed by atoms with Crippen molar-refractivity contribution in [2.24, 2.45) is 0 Å². The second kappa shape index (κ2) is 8.15. The molecule has 1 aliphatic heterocycles. The summed E-state index contributed by atoms with van der Waals surface area (Å²) in [5.74, 6) is -0.749. The molecule has 0 aromatic heterocycles. The van der Waals surface area contributed by atoms with Crippen LogP contribution in [0.25, 0.3) is 0 Å². The summed E-state index contributed by atoms with van der Waals surface area (Å²) in [6, 6.07) is 10.00. The summed E-state index contributed by atoms with van der Waals surface area (Å²) < 4.78 is 0. The summed E-state index contributed by atoms with van der Waals surface area (Å²) in [6.45, 7) is 1.53. The number of carbonyl (C=O) groups is 1. The SMILES string of the molecule is O=C(O)CCN1CCCCC[C@@H]1C[C@H](O)c1ccccc1. The van der Waals surface area contributed by atoms with Gasteiger partial charge in [0.1, 0.15) is 0 Å². The summed E-state index contributed by atoms with van der Waals surface area (Å²) in [7, 11) is 0. The molecular formula is C17H25NO3. The van der Waals surface area contributed by atoms with Gasteiger partial charge >= 0.3 is 5.97 Å². The van der Waals surface area contributed by atoms with Gasteiger partial charge in [0.2, 0.25) is 0 Å². The first-order valence-electron chi connectivity index (χ1n) is 7.85. The smallest absolute Gasteiger partial charge is 0.304 e. The van der Waals surface area contributed by atoms with Crippen LogP contribution in [0.15, 0.2) is 30.3 Å². The maximum Gasteiger partial charge on any atom is 0.304 e. The first-order chi connectivity index (χ1) is 10.2. The summed E-state index contributed by atoms with van der Waals surface area (Å²) in [4.78, 5) is 13.1. The van der Waals surface area contributed by atoms with Crippen LogP contribution in [0.3, 0.4) is 0 Å². The van der Waals surface area contributed by atoms with Crippen molar-refractivity contribution in [2.45, 2.75) is 50.7 Å². The molecule has 1 saturated heterocycles. The van der Waals surface area contributed by atoms with E-state index in [0.29, 0.717) is 13.0 Å². The minimum atomic E-state index is -0.749. The molecule has 2 rings (SSSR count). The zero-order valence-electron chi connectivity index (χ0n) is 12.4. The second-order valence-corrected chi connectivity index (χ2v) is 5.85. The Kier molecular flexibility index (Phi) is 6.21. The molecule has 0 aliphatic carbocycles. The third kappa shape index (κ3) is 5.14. The molecule has 2 N–H and O–H groups in total. The van der Waals surface area contributed by atoms with Gasteiger partial charge in [-0.3, -0.25) is 9.69 Å². The van der Waals surface area contributed by atoms with E-state index in [-0.39, 0.29) is 12.5 Å². The number of carboxylic acid groups (broad SMARTS) is 1. The van der Waals surface area contributed by atoms with E-state index in [0.717, 1.165) is 31.4 Å². The van der Waals surface area contributed by atoms with Gasteiger partial charge < -0.3 is 10.2 Å². The standard InChI is InChI=1S/C17H25NO3/c19-16(14-7-3-1-4-8-14)13-15-9-5-2-6-11-18(15)12-10-17(20)21/h1,3-4,7-8,15-16,19H,2,5-6,9-13H2,(H,20,21)/t15-,16+/m1/s1. The third-order valence-electron chi connectivity index (χ3n) is 4.29. The molecule has 0 spiro atoms. The molecule has 4 heteroatoms. The van der Waals surface area contributed by atoms with E-state index in [2.05, 4.69) is 4.90 Å². The van der Waals surface area contributed by atoms with Gasteiger partial charge in [-0.2, -0.15) is 0 Å². The van der Waals surface area contributed by atoms with Crippen molar-refractivity contribution in [3.8, 4) is 0 Å². The Labute approximate surface area is 126 Å². The Bertz CT molecular complexity index is 435. The lowest BCUT2D eigenvalue weighted by Gasteiger charge is -2.31. The molecule has 0 saturated carbocycles. The highest BCUT2D eigenvalue weighted by Gasteiger charge is 2.24. The molecule has 0 bridgehead atoms. The second-order valence-electron chi connectivity index (χ2n) is 5.85. The Morgan fingerprint density at radius 2 is 2.00 bits per heavy atom. The number of aliphatic hydroxyl groups is 1. The fraction of sp³-hybridized carbons (Fsp3) is 0.588. The maximum absolute atomic E-state index is 10.8. The van der Waals surface area contributed by atoms with Crippen LogP contribution in [0.1, 0.15) is 50.2 Å². The molecule has 0 radical (unpaired) electrons. The Morgan fingerprint density at radius 3 is 2.71 bits per heavy atom. The van der Waals surface area contributed by atoms with E-state index in [1.807, 2.05) is 30.3 Å². The van der Waals surface area contributed by atoms with Gasteiger partial charge in [-0.05, 0) is 31.4 Å². The van der Waals surface area contributed by atoms with Crippen LogP contribution in [-0.2, 0) is 4.79 Å². The van der Waals surface area contributed by atoms with Crippen LogP contribution in [0.2, 0.25) is 0 Å². The monoisotopic (exact) mass is 291 g/mol. The first-order valence-corrected chi connectivity index (χ1v) is 7.85. The number of aliphatic hydroxyl groups excluding tert-OH is 1. The molecule has 21 heavy (non-hydrogen) atoms. The highest BCUT2D eigenvalue weighted by molar-refractivity contribution is 5.66. The molecule has 116 valence electrons. The quantitative estimate of drug-likeness (QED) is 0.846. The lowest BCUT2D eigenvalue weighted by Crippen LogP contribution is -2.37. The zero-order valence-corrected chi connectivity index (χ0v) is 12.4. The van der Waals surface area contributed by atoms with Crippen molar-refractivity contribution in [3.63, 3.8) is 0 Å². The van der Waals surface area contributed by atoms with E-state index < -0.39 is 12.1 Å². The van der Waals surface area contributed by atoms with Crippen molar-refractivity contribution < 1.29 is 15.0 Å². The average molecular weight is 291 g/mol. The number of rotatable bonds is 6. The van der Waals surface area contributed by atoms with E-state index in [4.69, 9.17) is 5.11 Å². The molecule has 2 atom stereocenters. The fourth-order valence-electron chi connectivity index (χ4n) is 3.11. The number of carboxylic acids is 1. The Balaban J connectivity index is 1.97. The van der Waals surface area contributed by atoms with Gasteiger partial charge in [0.05, 0.1) is 12.5 Å². The predicted octanol–water partition coefficient (Wildman–Crippen LogP) is 2.83. The Hall–Kier alpha value is -1.39. The van der Waals surface area contributed by atoms with E-state index in [9.17, 15) is 9.90 Å². The molecule has 4 nitrogen and oxygen atoms in total. The Morgan fingerprint density at radius 1 is 1.24 bits per heavy atom. The molecule has 1 fully saturated rings. The van der Waals surface area contributed by atoms with E-state index in [1.54, 1.807) is 0 Å². The summed E-state index contributed by atoms with van der Waals surface area (Å²) in [6.07, 6.45) is 4.92. The largest absolute Gasteiger partial charge is 0.481 e. The summed E-state index contributed by atoms with van der Waals surface area (Å²) >= 11 is 0. The van der Waals surface area contributed by atoms with Gasteiger partial charge in [-0.1, -0.05) is 43.2 Å². The average Bonchev–Trinajstić information content (AvgIpc) is 2.71. The molecular weight excluding hydrogens is 266 g/mol. The van der Waals surface area contributed by atoms with Crippen molar-refractivity contribution in [3.05, 3.63) is 35.9 Å². The highest BCUT2D eigenvalue weighted by atomic mass is 16.4. The van der Waals surface area contributed by atoms with Crippen LogP contribution >= 0.6 is 0 Å². The topological polar surface area (TPSA) is 60.8 Å². The van der Waals surface area contributed by atoms with Crippen LogP contribution in [0.4, 0.5) is 0 Å². The van der Waals surface area contributed by atoms with Crippen molar-refractivity contribution in [1.82, 2.24) is 4.90 Å². The number of hydrogen-bond donors (Lipinski definition) is 2. The fourth-order valence-corrected chi connectivity index (χ4v) is 3.11. The van der Waals surface area contributed by atoms with Crippen LogP contribution in [-0.4, -0.2) is 40.2 Å². The van der Waals surface area contributed by atoms with Gasteiger partial charge in [-0.15, -0.1) is 0 Å². The van der Waals surface area contributed by atoms with Gasteiger partial charge in [0.25, 0.3) is 0 Å². The third-order valence-corrected chi connectivity index (χ3v) is 4.29. The lowest BCUT2D eigenvalue weighted by molar-refractivity contribution is -0.137. The number of benzene rings is 1. The number of nitrogens with zero attached hydrogens (tertiary/aromatic N) is 1. The van der Waals surface area contributed by atoms with Crippen LogP contribution in [0.5, 0.6) is 0 Å². The lowest BCUT2D eigenvalue weighted by atomic mass is 9.98. The van der Waals surface area contributed by atoms with E-state index in [1.165, 1.54) is 6.42 Å². The predicted molar refractivity (Wildman–Crippen MR) is 82.1 cm³/mol. The summed E-state index contributed by atoms with van der Waals surface area (Å²) in [5, 5.41) is 19.3. The molecule has 0 unspecified atom stereocenters. The first kappa shape index (κ1) is 16.0. The molecule has 1 heterocycles.